The van der Waals surface area contributed by atoms with Crippen LogP contribution in [0.1, 0.15) is 13.8 Å². The van der Waals surface area contributed by atoms with E-state index in [9.17, 15) is 4.79 Å². The van der Waals surface area contributed by atoms with Crippen LogP contribution in [-0.4, -0.2) is 38.8 Å². The maximum absolute atomic E-state index is 11.5. The number of benzene rings is 1. The summed E-state index contributed by atoms with van der Waals surface area (Å²) < 4.78 is 11.6. The number of carbonyl (C=O) groups is 1. The van der Waals surface area contributed by atoms with Gasteiger partial charge in [0.1, 0.15) is 18.9 Å². The molecule has 1 rings (SSSR count). The van der Waals surface area contributed by atoms with Crippen LogP contribution in [-0.2, 0) is 9.53 Å². The van der Waals surface area contributed by atoms with Gasteiger partial charge in [0.25, 0.3) is 0 Å². The van der Waals surface area contributed by atoms with Crippen LogP contribution >= 0.6 is 22.6 Å². The van der Waals surface area contributed by atoms with E-state index in [1.807, 2.05) is 24.3 Å². The average Bonchev–Trinajstić information content (AvgIpc) is 2.43. The van der Waals surface area contributed by atoms with Gasteiger partial charge in [-0.1, -0.05) is 0 Å². The lowest BCUT2D eigenvalue weighted by atomic mass is 10.3. The Morgan fingerprint density at radius 1 is 1.20 bits per heavy atom. The van der Waals surface area contributed by atoms with Gasteiger partial charge in [-0.15, -0.1) is 0 Å². The molecule has 0 amide bonds. The van der Waals surface area contributed by atoms with Gasteiger partial charge in [-0.2, -0.15) is 0 Å². The van der Waals surface area contributed by atoms with E-state index in [1.165, 1.54) is 4.90 Å². The second kappa shape index (κ2) is 11.2. The van der Waals surface area contributed by atoms with Gasteiger partial charge in [0.2, 0.25) is 0 Å². The Bertz CT molecular complexity index is 383. The third-order valence-corrected chi connectivity index (χ3v) is 3.61. The zero-order valence-electron chi connectivity index (χ0n) is 11.8. The lowest BCUT2D eigenvalue weighted by Crippen LogP contribution is -3.11. The molecule has 0 aliphatic carbocycles. The third-order valence-electron chi connectivity index (χ3n) is 2.89. The summed E-state index contributed by atoms with van der Waals surface area (Å²) in [4.78, 5) is 12.9. The number of hydrogen-bond acceptors (Lipinski definition) is 3. The maximum atomic E-state index is 11.5. The fourth-order valence-corrected chi connectivity index (χ4v) is 1.99. The van der Waals surface area contributed by atoms with Gasteiger partial charge >= 0.3 is 5.97 Å². The molecule has 0 saturated carbocycles. The van der Waals surface area contributed by atoms with Crippen molar-refractivity contribution in [2.75, 3.05) is 32.8 Å². The number of rotatable bonds is 8. The zero-order chi connectivity index (χ0) is 14.1. The van der Waals surface area contributed by atoms with E-state index in [0.717, 1.165) is 23.2 Å². The summed E-state index contributed by atoms with van der Waals surface area (Å²) in [6.07, 6.45) is 0. The molecule has 0 fully saturated rings. The molecule has 0 bridgehead atoms. The topological polar surface area (TPSA) is 40.0 Å². The molecule has 0 radical (unpaired) electrons. The molecule has 6 heteroatoms. The Kier molecular flexibility index (Phi) is 10.9. The van der Waals surface area contributed by atoms with Gasteiger partial charge in [-0.25, -0.2) is 4.79 Å². The van der Waals surface area contributed by atoms with Crippen molar-refractivity contribution in [1.29, 1.82) is 0 Å². The Labute approximate surface area is 140 Å². The standard InChI is InChI=1S/C14H20INO3.ClH/c1-3-16(4-2)9-10-18-14(17)11-19-13-7-5-12(15)6-8-13;/h5-8H,3-4,9-11H2,1-2H3;1H. The van der Waals surface area contributed by atoms with Crippen LogP contribution in [0.25, 0.3) is 0 Å². The molecule has 0 heterocycles. The molecule has 0 unspecified atom stereocenters. The highest BCUT2D eigenvalue weighted by atomic mass is 127. The number of likely N-dealkylation sites (N-methyl/N-ethyl adjacent to an activating group) is 1. The summed E-state index contributed by atoms with van der Waals surface area (Å²) in [5.74, 6) is 0.372. The van der Waals surface area contributed by atoms with E-state index in [2.05, 4.69) is 36.4 Å². The van der Waals surface area contributed by atoms with Crippen molar-refractivity contribution in [3.8, 4) is 5.75 Å². The molecule has 0 aliphatic heterocycles. The molecule has 20 heavy (non-hydrogen) atoms. The van der Waals surface area contributed by atoms with Crippen LogP contribution in [0.2, 0.25) is 0 Å². The first kappa shape index (κ1) is 19.5. The fourth-order valence-electron chi connectivity index (χ4n) is 1.63. The third kappa shape index (κ3) is 7.91. The van der Waals surface area contributed by atoms with Crippen LogP contribution in [0.4, 0.5) is 0 Å². The largest absolute Gasteiger partial charge is 1.00 e. The van der Waals surface area contributed by atoms with Crippen LogP contribution in [0.15, 0.2) is 24.3 Å². The highest BCUT2D eigenvalue weighted by Gasteiger charge is 2.07. The molecule has 0 atom stereocenters. The molecule has 1 N–H and O–H groups in total. The van der Waals surface area contributed by atoms with Gasteiger partial charge < -0.3 is 26.8 Å². The molecule has 1 aromatic carbocycles. The van der Waals surface area contributed by atoms with E-state index in [1.54, 1.807) is 0 Å². The minimum Gasteiger partial charge on any atom is -1.00 e. The molecule has 114 valence electrons. The van der Waals surface area contributed by atoms with Gasteiger partial charge in [-0.05, 0) is 60.7 Å². The van der Waals surface area contributed by atoms with Crippen molar-refractivity contribution in [2.45, 2.75) is 13.8 Å². The second-order valence-corrected chi connectivity index (χ2v) is 5.42. The molecular weight excluding hydrogens is 393 g/mol. The van der Waals surface area contributed by atoms with E-state index in [-0.39, 0.29) is 25.0 Å². The summed E-state index contributed by atoms with van der Waals surface area (Å²) in [6, 6.07) is 7.56. The Morgan fingerprint density at radius 2 is 1.80 bits per heavy atom. The van der Waals surface area contributed by atoms with Gasteiger partial charge in [0.15, 0.2) is 6.61 Å². The Hall–Kier alpha value is -0.530. The number of ether oxygens (including phenoxy) is 2. The van der Waals surface area contributed by atoms with Crippen LogP contribution in [0.3, 0.4) is 0 Å². The smallest absolute Gasteiger partial charge is 0.344 e. The molecule has 4 nitrogen and oxygen atoms in total. The monoisotopic (exact) mass is 413 g/mol. The first-order valence-corrected chi connectivity index (χ1v) is 7.61. The fraction of sp³-hybridized carbons (Fsp3) is 0.500. The van der Waals surface area contributed by atoms with Crippen molar-refractivity contribution in [2.24, 2.45) is 0 Å². The predicted molar refractivity (Wildman–Crippen MR) is 82.5 cm³/mol. The summed E-state index contributed by atoms with van der Waals surface area (Å²) in [5, 5.41) is 0. The van der Waals surface area contributed by atoms with Crippen molar-refractivity contribution >= 4 is 28.6 Å². The zero-order valence-corrected chi connectivity index (χ0v) is 14.7. The van der Waals surface area contributed by atoms with Crippen LogP contribution in [0.5, 0.6) is 5.75 Å². The minimum atomic E-state index is -0.315. The quantitative estimate of drug-likeness (QED) is 0.402. The van der Waals surface area contributed by atoms with Crippen LogP contribution < -0.4 is 22.0 Å². The van der Waals surface area contributed by atoms with Gasteiger partial charge in [0, 0.05) is 3.57 Å². The SMILES string of the molecule is CC[NH+](CC)CCOC(=O)COc1ccc(I)cc1.[Cl-]. The molecular formula is C14H21ClINO3. The first-order valence-electron chi connectivity index (χ1n) is 6.53. The van der Waals surface area contributed by atoms with E-state index in [0.29, 0.717) is 12.4 Å². The first-order chi connectivity index (χ1) is 9.15. The van der Waals surface area contributed by atoms with Crippen molar-refractivity contribution < 1.29 is 31.6 Å². The number of halogens is 2. The number of hydrogen-bond donors (Lipinski definition) is 1. The predicted octanol–water partition coefficient (Wildman–Crippen LogP) is -1.86. The summed E-state index contributed by atoms with van der Waals surface area (Å²) in [7, 11) is 0. The molecule has 0 saturated heterocycles. The van der Waals surface area contributed by atoms with Crippen LogP contribution in [0, 0.1) is 3.57 Å². The summed E-state index contributed by atoms with van der Waals surface area (Å²) in [5.41, 5.74) is 0. The molecule has 0 spiro atoms. The molecule has 1 aromatic rings. The lowest BCUT2D eigenvalue weighted by molar-refractivity contribution is -0.896. The van der Waals surface area contributed by atoms with Gasteiger partial charge in [0.05, 0.1) is 13.1 Å². The summed E-state index contributed by atoms with van der Waals surface area (Å²) in [6.45, 7) is 7.61. The van der Waals surface area contributed by atoms with E-state index in [4.69, 9.17) is 9.47 Å². The Balaban J connectivity index is 0.00000361. The minimum absolute atomic E-state index is 0. The second-order valence-electron chi connectivity index (χ2n) is 4.17. The molecule has 0 aromatic heterocycles. The highest BCUT2D eigenvalue weighted by Crippen LogP contribution is 2.13. The van der Waals surface area contributed by atoms with Crippen molar-refractivity contribution in [1.82, 2.24) is 0 Å². The maximum Gasteiger partial charge on any atom is 0.344 e. The highest BCUT2D eigenvalue weighted by molar-refractivity contribution is 14.1. The normalized spacial score (nSPS) is 10.0. The number of quaternary nitrogens is 1. The number of carbonyl (C=O) groups excluding carboxylic acids is 1. The lowest BCUT2D eigenvalue weighted by Gasteiger charge is -2.15. The summed E-state index contributed by atoms with van der Waals surface area (Å²) >= 11 is 2.22. The van der Waals surface area contributed by atoms with E-state index < -0.39 is 0 Å². The number of esters is 1. The van der Waals surface area contributed by atoms with E-state index >= 15 is 0 Å². The van der Waals surface area contributed by atoms with Crippen molar-refractivity contribution in [3.63, 3.8) is 0 Å². The van der Waals surface area contributed by atoms with Crippen molar-refractivity contribution in [3.05, 3.63) is 27.8 Å². The Morgan fingerprint density at radius 3 is 2.35 bits per heavy atom. The average molecular weight is 414 g/mol. The number of nitrogens with one attached hydrogen (secondary N) is 1. The molecule has 0 aliphatic rings. The van der Waals surface area contributed by atoms with Gasteiger partial charge in [-0.3, -0.25) is 0 Å².